The number of carbonyl (C=O) groups is 1. The summed E-state index contributed by atoms with van der Waals surface area (Å²) >= 11 is 1.41. The van der Waals surface area contributed by atoms with Crippen molar-refractivity contribution in [3.8, 4) is 0 Å². The van der Waals surface area contributed by atoms with E-state index in [9.17, 15) is 9.18 Å². The molecule has 0 saturated carbocycles. The summed E-state index contributed by atoms with van der Waals surface area (Å²) in [5, 5.41) is 16.3. The van der Waals surface area contributed by atoms with Crippen LogP contribution >= 0.6 is 11.8 Å². The average molecular weight is 373 g/mol. The van der Waals surface area contributed by atoms with Crippen molar-refractivity contribution in [1.82, 2.24) is 34.9 Å². The lowest BCUT2D eigenvalue weighted by atomic mass is 10.1. The Morgan fingerprint density at radius 2 is 1.92 bits per heavy atom. The molecule has 0 unspecified atom stereocenters. The first kappa shape index (κ1) is 16.7. The normalized spacial score (nSPS) is 14.4. The van der Waals surface area contributed by atoms with Crippen LogP contribution in [0.4, 0.5) is 4.39 Å². The minimum Gasteiger partial charge on any atom is -0.338 e. The highest BCUT2D eigenvalue weighted by Crippen LogP contribution is 2.24. The van der Waals surface area contributed by atoms with Crippen LogP contribution in [-0.4, -0.2) is 59.6 Å². The van der Waals surface area contributed by atoms with Gasteiger partial charge in [-0.05, 0) is 24.3 Å². The number of likely N-dealkylation sites (tertiary alicyclic amines) is 1. The number of nitrogens with zero attached hydrogens (tertiary/aromatic N) is 7. The lowest BCUT2D eigenvalue weighted by Gasteiger charge is -2.38. The first-order valence-corrected chi connectivity index (χ1v) is 9.07. The summed E-state index contributed by atoms with van der Waals surface area (Å²) in [5.74, 6) is 0.129. The molecule has 0 radical (unpaired) electrons. The summed E-state index contributed by atoms with van der Waals surface area (Å²) in [7, 11) is 0. The minimum atomic E-state index is -0.276. The molecular weight excluding hydrogens is 357 g/mol. The smallest absolute Gasteiger partial charge is 0.233 e. The summed E-state index contributed by atoms with van der Waals surface area (Å²) < 4.78 is 14.7. The van der Waals surface area contributed by atoms with E-state index in [4.69, 9.17) is 0 Å². The fourth-order valence-electron chi connectivity index (χ4n) is 2.63. The first-order valence-electron chi connectivity index (χ1n) is 8.08. The maximum Gasteiger partial charge on any atom is 0.233 e. The van der Waals surface area contributed by atoms with Gasteiger partial charge in [-0.1, -0.05) is 5.21 Å². The molecule has 1 fully saturated rings. The molecule has 1 amide bonds. The van der Waals surface area contributed by atoms with Crippen molar-refractivity contribution in [2.24, 2.45) is 0 Å². The first-order chi connectivity index (χ1) is 12.7. The molecule has 0 aliphatic carbocycles. The SMILES string of the molecule is O=C(CSc1ccc(F)cc1)N1CC(n2cc(Cn3nccn3)nn2)C1. The third kappa shape index (κ3) is 3.74. The molecule has 8 nitrogen and oxygen atoms in total. The van der Waals surface area contributed by atoms with Crippen molar-refractivity contribution in [2.45, 2.75) is 17.5 Å². The van der Waals surface area contributed by atoms with E-state index in [1.54, 1.807) is 34.1 Å². The molecule has 0 bridgehead atoms. The fourth-order valence-corrected chi connectivity index (χ4v) is 3.43. The van der Waals surface area contributed by atoms with Crippen LogP contribution in [0.5, 0.6) is 0 Å². The second-order valence-electron chi connectivity index (χ2n) is 5.94. The molecule has 1 aliphatic heterocycles. The molecule has 3 aromatic rings. The largest absolute Gasteiger partial charge is 0.338 e. The third-order valence-corrected chi connectivity index (χ3v) is 5.09. The van der Waals surface area contributed by atoms with Gasteiger partial charge in [0, 0.05) is 18.0 Å². The highest BCUT2D eigenvalue weighted by molar-refractivity contribution is 8.00. The number of amides is 1. The molecule has 2 aromatic heterocycles. The number of thioether (sulfide) groups is 1. The molecular formula is C16H16FN7OS. The van der Waals surface area contributed by atoms with E-state index >= 15 is 0 Å². The maximum absolute atomic E-state index is 12.9. The quantitative estimate of drug-likeness (QED) is 0.605. The van der Waals surface area contributed by atoms with Crippen LogP contribution in [0.3, 0.4) is 0 Å². The van der Waals surface area contributed by atoms with E-state index < -0.39 is 0 Å². The molecule has 134 valence electrons. The molecule has 0 atom stereocenters. The number of rotatable bonds is 6. The van der Waals surface area contributed by atoms with Gasteiger partial charge in [-0.3, -0.25) is 4.79 Å². The van der Waals surface area contributed by atoms with Gasteiger partial charge in [0.15, 0.2) is 0 Å². The highest BCUT2D eigenvalue weighted by atomic mass is 32.2. The molecule has 26 heavy (non-hydrogen) atoms. The highest BCUT2D eigenvalue weighted by Gasteiger charge is 2.32. The molecule has 4 rings (SSSR count). The van der Waals surface area contributed by atoms with Gasteiger partial charge in [0.1, 0.15) is 18.1 Å². The van der Waals surface area contributed by atoms with Crippen molar-refractivity contribution < 1.29 is 9.18 Å². The van der Waals surface area contributed by atoms with Gasteiger partial charge < -0.3 is 4.90 Å². The lowest BCUT2D eigenvalue weighted by Crippen LogP contribution is -2.51. The van der Waals surface area contributed by atoms with E-state index in [0.717, 1.165) is 10.6 Å². The standard InChI is InChI=1S/C16H16FN7OS/c17-12-1-3-15(4-2-12)26-11-16(25)22-9-14(10-22)23-7-13(20-21-23)8-24-18-5-6-19-24/h1-7,14H,8-11H2. The summed E-state index contributed by atoms with van der Waals surface area (Å²) in [6.07, 6.45) is 5.09. The number of aromatic nitrogens is 6. The molecule has 1 saturated heterocycles. The molecule has 1 aromatic carbocycles. The summed E-state index contributed by atoms with van der Waals surface area (Å²) in [6.45, 7) is 1.70. The van der Waals surface area contributed by atoms with E-state index in [2.05, 4.69) is 20.5 Å². The zero-order valence-electron chi connectivity index (χ0n) is 13.8. The van der Waals surface area contributed by atoms with Crippen molar-refractivity contribution in [2.75, 3.05) is 18.8 Å². The van der Waals surface area contributed by atoms with E-state index in [-0.39, 0.29) is 17.8 Å². The van der Waals surface area contributed by atoms with E-state index in [1.165, 1.54) is 28.7 Å². The molecule has 10 heteroatoms. The Labute approximate surface area is 153 Å². The second-order valence-corrected chi connectivity index (χ2v) is 6.99. The Morgan fingerprint density at radius 3 is 2.65 bits per heavy atom. The Morgan fingerprint density at radius 1 is 1.19 bits per heavy atom. The predicted molar refractivity (Wildman–Crippen MR) is 91.9 cm³/mol. The summed E-state index contributed by atoms with van der Waals surface area (Å²) in [5.41, 5.74) is 0.776. The van der Waals surface area contributed by atoms with Crippen LogP contribution in [0.25, 0.3) is 0 Å². The number of benzene rings is 1. The van der Waals surface area contributed by atoms with Gasteiger partial charge in [0.05, 0.1) is 30.4 Å². The number of carbonyl (C=O) groups excluding carboxylic acids is 1. The second kappa shape index (κ2) is 7.24. The minimum absolute atomic E-state index is 0.0663. The van der Waals surface area contributed by atoms with Crippen LogP contribution in [0.2, 0.25) is 0 Å². The van der Waals surface area contributed by atoms with Crippen molar-refractivity contribution in [3.63, 3.8) is 0 Å². The Hall–Kier alpha value is -2.75. The van der Waals surface area contributed by atoms with Crippen LogP contribution in [-0.2, 0) is 11.3 Å². The summed E-state index contributed by atoms with van der Waals surface area (Å²) in [6, 6.07) is 6.29. The molecule has 0 spiro atoms. The number of hydrogen-bond donors (Lipinski definition) is 0. The van der Waals surface area contributed by atoms with Gasteiger partial charge in [-0.15, -0.1) is 16.9 Å². The predicted octanol–water partition coefficient (Wildman–Crippen LogP) is 1.23. The van der Waals surface area contributed by atoms with Gasteiger partial charge in [-0.2, -0.15) is 15.0 Å². The maximum atomic E-state index is 12.9. The number of halogens is 1. The van der Waals surface area contributed by atoms with Gasteiger partial charge in [0.25, 0.3) is 0 Å². The van der Waals surface area contributed by atoms with E-state index in [1.807, 2.05) is 6.20 Å². The van der Waals surface area contributed by atoms with Crippen LogP contribution in [0.1, 0.15) is 11.7 Å². The lowest BCUT2D eigenvalue weighted by molar-refractivity contribution is -0.134. The Balaban J connectivity index is 1.25. The topological polar surface area (TPSA) is 81.7 Å². The van der Waals surface area contributed by atoms with Crippen molar-refractivity contribution in [1.29, 1.82) is 0 Å². The molecule has 1 aliphatic rings. The molecule has 0 N–H and O–H groups in total. The van der Waals surface area contributed by atoms with Gasteiger partial charge >= 0.3 is 0 Å². The van der Waals surface area contributed by atoms with Gasteiger partial charge in [-0.25, -0.2) is 9.07 Å². The van der Waals surface area contributed by atoms with Crippen LogP contribution in [0, 0.1) is 5.82 Å². The zero-order valence-corrected chi connectivity index (χ0v) is 14.6. The molecule has 3 heterocycles. The Kier molecular flexibility index (Phi) is 4.65. The van der Waals surface area contributed by atoms with Crippen molar-refractivity contribution >= 4 is 17.7 Å². The zero-order chi connectivity index (χ0) is 17.9. The van der Waals surface area contributed by atoms with E-state index in [0.29, 0.717) is 25.4 Å². The van der Waals surface area contributed by atoms with Crippen molar-refractivity contribution in [3.05, 3.63) is 54.4 Å². The van der Waals surface area contributed by atoms with Crippen LogP contribution < -0.4 is 0 Å². The Bertz CT molecular complexity index is 874. The summed E-state index contributed by atoms with van der Waals surface area (Å²) in [4.78, 5) is 16.4. The third-order valence-electron chi connectivity index (χ3n) is 4.09. The van der Waals surface area contributed by atoms with Gasteiger partial charge in [0.2, 0.25) is 5.91 Å². The average Bonchev–Trinajstić information content (AvgIpc) is 3.26. The fraction of sp³-hybridized carbons (Fsp3) is 0.312. The monoisotopic (exact) mass is 373 g/mol. The number of hydrogen-bond acceptors (Lipinski definition) is 6. The van der Waals surface area contributed by atoms with Crippen LogP contribution in [0.15, 0.2) is 47.8 Å².